The van der Waals surface area contributed by atoms with E-state index in [2.05, 4.69) is 15.6 Å². The minimum Gasteiger partial charge on any atom is -0.459 e. The van der Waals surface area contributed by atoms with E-state index < -0.39 is 0 Å². The number of hydrogen-bond acceptors (Lipinski definition) is 4. The normalized spacial score (nSPS) is 10.2. The molecule has 0 aromatic carbocycles. The third-order valence-corrected chi connectivity index (χ3v) is 2.07. The zero-order valence-electron chi connectivity index (χ0n) is 8.67. The van der Waals surface area contributed by atoms with Crippen molar-refractivity contribution < 1.29 is 9.21 Å². The van der Waals surface area contributed by atoms with Crippen molar-refractivity contribution in [3.8, 4) is 0 Å². The van der Waals surface area contributed by atoms with Crippen molar-refractivity contribution in [2.24, 2.45) is 0 Å². The van der Waals surface area contributed by atoms with Crippen LogP contribution in [0, 0.1) is 0 Å². The molecule has 16 heavy (non-hydrogen) atoms. The Bertz CT molecular complexity index is 422. The highest BCUT2D eigenvalue weighted by molar-refractivity contribution is 5.91. The summed E-state index contributed by atoms with van der Waals surface area (Å²) in [4.78, 5) is 11.4. The molecule has 1 N–H and O–H groups in total. The number of amides is 1. The lowest BCUT2D eigenvalue weighted by Gasteiger charge is -2.02. The summed E-state index contributed by atoms with van der Waals surface area (Å²) in [6.45, 7) is 1.32. The van der Waals surface area contributed by atoms with Crippen molar-refractivity contribution in [1.29, 1.82) is 0 Å². The molecule has 0 spiro atoms. The van der Waals surface area contributed by atoms with Crippen LogP contribution in [0.3, 0.4) is 0 Å². The summed E-state index contributed by atoms with van der Waals surface area (Å²) in [7, 11) is 0. The second kappa shape index (κ2) is 5.11. The van der Waals surface area contributed by atoms with Gasteiger partial charge in [-0.3, -0.25) is 9.48 Å². The molecule has 0 atom stereocenters. The molecule has 0 aliphatic carbocycles. The van der Waals surface area contributed by atoms with Crippen LogP contribution in [0.5, 0.6) is 0 Å². The monoisotopic (exact) mass is 220 g/mol. The number of rotatable bonds is 5. The molecule has 2 heterocycles. The molecule has 0 aliphatic heterocycles. The van der Waals surface area contributed by atoms with Crippen LogP contribution in [0.4, 0.5) is 0 Å². The van der Waals surface area contributed by atoms with E-state index in [1.807, 2.05) is 0 Å². The average molecular weight is 220 g/mol. The molecule has 6 heteroatoms. The summed E-state index contributed by atoms with van der Waals surface area (Å²) in [6.07, 6.45) is 5.69. The van der Waals surface area contributed by atoms with Gasteiger partial charge in [-0.2, -0.15) is 0 Å². The SMILES string of the molecule is O=C(NCCCn1ccnn1)c1ccco1. The Labute approximate surface area is 92.2 Å². The molecule has 84 valence electrons. The topological polar surface area (TPSA) is 73.0 Å². The molecule has 1 amide bonds. The fraction of sp³-hybridized carbons (Fsp3) is 0.300. The van der Waals surface area contributed by atoms with Crippen molar-refractivity contribution in [3.05, 3.63) is 36.5 Å². The lowest BCUT2D eigenvalue weighted by Crippen LogP contribution is -2.24. The van der Waals surface area contributed by atoms with E-state index in [9.17, 15) is 4.79 Å². The maximum atomic E-state index is 11.4. The highest BCUT2D eigenvalue weighted by Gasteiger charge is 2.06. The summed E-state index contributed by atoms with van der Waals surface area (Å²) >= 11 is 0. The van der Waals surface area contributed by atoms with Crippen LogP contribution < -0.4 is 5.32 Å². The fourth-order valence-electron chi connectivity index (χ4n) is 1.29. The molecular weight excluding hydrogens is 208 g/mol. The number of hydrogen-bond donors (Lipinski definition) is 1. The van der Waals surface area contributed by atoms with Gasteiger partial charge in [-0.1, -0.05) is 5.21 Å². The Morgan fingerprint density at radius 3 is 3.19 bits per heavy atom. The number of aromatic nitrogens is 3. The predicted molar refractivity (Wildman–Crippen MR) is 55.7 cm³/mol. The number of nitrogens with one attached hydrogen (secondary N) is 1. The summed E-state index contributed by atoms with van der Waals surface area (Å²) in [6, 6.07) is 3.32. The first-order valence-electron chi connectivity index (χ1n) is 5.02. The van der Waals surface area contributed by atoms with Gasteiger partial charge in [0.05, 0.1) is 12.5 Å². The van der Waals surface area contributed by atoms with E-state index in [0.717, 1.165) is 13.0 Å². The summed E-state index contributed by atoms with van der Waals surface area (Å²) < 4.78 is 6.68. The van der Waals surface area contributed by atoms with Crippen LogP contribution in [-0.4, -0.2) is 27.4 Å². The van der Waals surface area contributed by atoms with E-state index in [-0.39, 0.29) is 5.91 Å². The molecule has 0 saturated carbocycles. The highest BCUT2D eigenvalue weighted by Crippen LogP contribution is 1.98. The maximum absolute atomic E-state index is 11.4. The van der Waals surface area contributed by atoms with Crippen LogP contribution in [0.15, 0.2) is 35.2 Å². The molecule has 0 unspecified atom stereocenters. The number of carbonyl (C=O) groups excluding carboxylic acids is 1. The first-order chi connectivity index (χ1) is 7.86. The van der Waals surface area contributed by atoms with Crippen molar-refractivity contribution in [3.63, 3.8) is 0 Å². The fourth-order valence-corrected chi connectivity index (χ4v) is 1.29. The lowest BCUT2D eigenvalue weighted by molar-refractivity contribution is 0.0925. The molecule has 0 saturated heterocycles. The molecular formula is C10H12N4O2. The molecule has 2 aromatic rings. The Hall–Kier alpha value is -2.11. The van der Waals surface area contributed by atoms with Gasteiger partial charge in [0.25, 0.3) is 5.91 Å². The van der Waals surface area contributed by atoms with Gasteiger partial charge in [-0.25, -0.2) is 0 Å². The summed E-state index contributed by atoms with van der Waals surface area (Å²) in [5.74, 6) is 0.143. The molecule has 2 aromatic heterocycles. The third-order valence-electron chi connectivity index (χ3n) is 2.07. The van der Waals surface area contributed by atoms with Crippen molar-refractivity contribution in [2.75, 3.05) is 6.54 Å². The minimum atomic E-state index is -0.191. The highest BCUT2D eigenvalue weighted by atomic mass is 16.3. The minimum absolute atomic E-state index is 0.191. The number of carbonyl (C=O) groups is 1. The smallest absolute Gasteiger partial charge is 0.286 e. The van der Waals surface area contributed by atoms with Gasteiger partial charge < -0.3 is 9.73 Å². The van der Waals surface area contributed by atoms with Crippen LogP contribution in [0.25, 0.3) is 0 Å². The van der Waals surface area contributed by atoms with Gasteiger partial charge in [0, 0.05) is 19.3 Å². The number of aryl methyl sites for hydroxylation is 1. The number of nitrogens with zero attached hydrogens (tertiary/aromatic N) is 3. The molecule has 0 fully saturated rings. The molecule has 0 aliphatic rings. The zero-order valence-corrected chi connectivity index (χ0v) is 8.67. The van der Waals surface area contributed by atoms with Crippen LogP contribution in [-0.2, 0) is 6.54 Å². The third kappa shape index (κ3) is 2.69. The van der Waals surface area contributed by atoms with Gasteiger partial charge >= 0.3 is 0 Å². The molecule has 0 bridgehead atoms. The van der Waals surface area contributed by atoms with E-state index in [1.54, 1.807) is 29.2 Å². The first-order valence-corrected chi connectivity index (χ1v) is 5.02. The van der Waals surface area contributed by atoms with Gasteiger partial charge in [0.2, 0.25) is 0 Å². The van der Waals surface area contributed by atoms with Crippen LogP contribution in [0.2, 0.25) is 0 Å². The van der Waals surface area contributed by atoms with E-state index in [0.29, 0.717) is 12.3 Å². The van der Waals surface area contributed by atoms with Gasteiger partial charge in [0.15, 0.2) is 5.76 Å². The van der Waals surface area contributed by atoms with Gasteiger partial charge in [-0.15, -0.1) is 5.10 Å². The second-order valence-electron chi connectivity index (χ2n) is 3.25. The quantitative estimate of drug-likeness (QED) is 0.752. The van der Waals surface area contributed by atoms with E-state index in [4.69, 9.17) is 4.42 Å². The summed E-state index contributed by atoms with van der Waals surface area (Å²) in [5, 5.41) is 10.3. The van der Waals surface area contributed by atoms with Crippen molar-refractivity contribution >= 4 is 5.91 Å². The Kier molecular flexibility index (Phi) is 3.32. The molecule has 2 rings (SSSR count). The zero-order chi connectivity index (χ0) is 11.2. The average Bonchev–Trinajstić information content (AvgIpc) is 2.96. The van der Waals surface area contributed by atoms with E-state index in [1.165, 1.54) is 6.26 Å². The predicted octanol–water partition coefficient (Wildman–Crippen LogP) is 0.691. The maximum Gasteiger partial charge on any atom is 0.286 e. The van der Waals surface area contributed by atoms with Crippen molar-refractivity contribution in [2.45, 2.75) is 13.0 Å². The molecule has 0 radical (unpaired) electrons. The first kappa shape index (κ1) is 10.4. The standard InChI is InChI=1S/C10H12N4O2/c15-10(9-3-1-8-16-9)11-4-2-6-14-7-5-12-13-14/h1,3,5,7-8H,2,4,6H2,(H,11,15). The Morgan fingerprint density at radius 2 is 2.50 bits per heavy atom. The van der Waals surface area contributed by atoms with Crippen molar-refractivity contribution in [1.82, 2.24) is 20.3 Å². The van der Waals surface area contributed by atoms with Crippen LogP contribution in [0.1, 0.15) is 17.0 Å². The van der Waals surface area contributed by atoms with Gasteiger partial charge in [0.1, 0.15) is 0 Å². The second-order valence-corrected chi connectivity index (χ2v) is 3.25. The number of furan rings is 1. The van der Waals surface area contributed by atoms with Crippen LogP contribution >= 0.6 is 0 Å². The Morgan fingerprint density at radius 1 is 1.56 bits per heavy atom. The van der Waals surface area contributed by atoms with Gasteiger partial charge in [-0.05, 0) is 18.6 Å². The lowest BCUT2D eigenvalue weighted by atomic mass is 10.4. The Balaban J connectivity index is 1.67. The summed E-state index contributed by atoms with van der Waals surface area (Å²) in [5.41, 5.74) is 0. The largest absolute Gasteiger partial charge is 0.459 e. The molecule has 6 nitrogen and oxygen atoms in total. The van der Waals surface area contributed by atoms with E-state index >= 15 is 0 Å².